The molecule has 1 heterocycles. The van der Waals surface area contributed by atoms with Gasteiger partial charge >= 0.3 is 5.97 Å². The maximum absolute atomic E-state index is 13.4. The van der Waals surface area contributed by atoms with E-state index < -0.39 is 67.4 Å². The van der Waals surface area contributed by atoms with Crippen LogP contribution in [0.25, 0.3) is 0 Å². The minimum Gasteiger partial charge on any atom is -0.454 e. The second-order valence-corrected chi connectivity index (χ2v) is 22.1. The van der Waals surface area contributed by atoms with Gasteiger partial charge in [-0.25, -0.2) is 0 Å². The van der Waals surface area contributed by atoms with Crippen LogP contribution in [0.1, 0.15) is 245 Å². The minimum atomic E-state index is -1.64. The Bertz CT molecular complexity index is 1860. The maximum Gasteiger partial charge on any atom is 0.306 e. The molecule has 472 valence electrons. The smallest absolute Gasteiger partial charge is 0.306 e. The first-order valence-corrected chi connectivity index (χ1v) is 33.0. The van der Waals surface area contributed by atoms with Gasteiger partial charge in [-0.3, -0.25) is 9.59 Å². The molecule has 0 aromatic heterocycles. The van der Waals surface area contributed by atoms with Crippen molar-refractivity contribution in [2.75, 3.05) is 13.2 Å². The summed E-state index contributed by atoms with van der Waals surface area (Å²) in [7, 11) is 0. The van der Waals surface area contributed by atoms with Gasteiger partial charge in [-0.2, -0.15) is 0 Å². The number of hydrogen-bond acceptors (Lipinski definition) is 10. The molecule has 1 fully saturated rings. The van der Waals surface area contributed by atoms with Gasteiger partial charge in [-0.1, -0.05) is 264 Å². The Labute approximate surface area is 505 Å². The highest BCUT2D eigenvalue weighted by Crippen LogP contribution is 2.26. The second kappa shape index (κ2) is 58.2. The molecule has 0 saturated carbocycles. The van der Waals surface area contributed by atoms with E-state index in [1.54, 1.807) is 12.2 Å². The lowest BCUT2D eigenvalue weighted by Crippen LogP contribution is -2.61. The number of hydrogen-bond donors (Lipinski definition) is 6. The van der Waals surface area contributed by atoms with E-state index >= 15 is 0 Å². The van der Waals surface area contributed by atoms with Crippen LogP contribution in [-0.2, 0) is 23.8 Å². The third-order valence-corrected chi connectivity index (χ3v) is 14.5. The second-order valence-electron chi connectivity index (χ2n) is 22.1. The fourth-order valence-corrected chi connectivity index (χ4v) is 9.36. The molecule has 11 nitrogen and oxygen atoms in total. The van der Waals surface area contributed by atoms with Gasteiger partial charge in [-0.15, -0.1) is 0 Å². The molecule has 1 aliphatic rings. The van der Waals surface area contributed by atoms with Crippen LogP contribution in [0.4, 0.5) is 0 Å². The van der Waals surface area contributed by atoms with E-state index in [1.807, 2.05) is 18.2 Å². The van der Waals surface area contributed by atoms with Crippen molar-refractivity contribution < 1.29 is 49.3 Å². The summed E-state index contributed by atoms with van der Waals surface area (Å²) in [5.41, 5.74) is 0. The van der Waals surface area contributed by atoms with Gasteiger partial charge in [0.25, 0.3) is 0 Å². The van der Waals surface area contributed by atoms with E-state index in [2.05, 4.69) is 129 Å². The van der Waals surface area contributed by atoms with E-state index in [1.165, 1.54) is 89.9 Å². The summed E-state index contributed by atoms with van der Waals surface area (Å²) >= 11 is 0. The molecule has 6 N–H and O–H groups in total. The molecule has 0 bridgehead atoms. The number of amides is 1. The summed E-state index contributed by atoms with van der Waals surface area (Å²) in [4.78, 5) is 26.6. The Morgan fingerprint density at radius 1 is 0.482 bits per heavy atom. The standard InChI is InChI=1S/C72H119NO10/c1-4-7-10-13-16-19-22-24-26-28-30-31-32-33-34-35-36-38-40-42-45-48-51-54-57-60-67(77)83-70-69(79)68(78)66(61-74)82-72(70)81-62-63(64(75)58-55-52-49-46-43-21-18-15-12-9-6-3)73-71(80)65(76)59-56-53-50-47-44-41-39-37-29-27-25-23-20-17-14-11-8-5-2/h8,11,16-17,19-20,24-27,30-31,33-34,37,39,44,47,53,55-56,58,63-66,68-70,72,74-76,78-79H,4-7,9-10,12-15,18,21-23,28-29,32,35-36,38,40-43,45-46,48-52,54,57,59-62H2,1-3H3,(H,73,80)/b11-8-,19-16-,20-17-,26-24-,27-25-,31-30-,34-33-,39-37-,47-44-,56-53-,58-55+. The van der Waals surface area contributed by atoms with Crippen molar-refractivity contribution in [3.63, 3.8) is 0 Å². The molecule has 0 aromatic rings. The van der Waals surface area contributed by atoms with Crippen LogP contribution < -0.4 is 5.32 Å². The monoisotopic (exact) mass is 1160 g/mol. The van der Waals surface area contributed by atoms with E-state index in [0.717, 1.165) is 109 Å². The molecule has 1 saturated heterocycles. The summed E-state index contributed by atoms with van der Waals surface area (Å²) in [5, 5.41) is 56.9. The highest BCUT2D eigenvalue weighted by molar-refractivity contribution is 5.81. The summed E-state index contributed by atoms with van der Waals surface area (Å²) in [6.07, 6.45) is 72.2. The Balaban J connectivity index is 2.65. The highest BCUT2D eigenvalue weighted by atomic mass is 16.7. The van der Waals surface area contributed by atoms with E-state index in [-0.39, 0.29) is 19.4 Å². The highest BCUT2D eigenvalue weighted by Gasteiger charge is 2.47. The van der Waals surface area contributed by atoms with E-state index in [9.17, 15) is 35.1 Å². The number of rotatable bonds is 54. The van der Waals surface area contributed by atoms with Crippen molar-refractivity contribution in [1.29, 1.82) is 0 Å². The predicted molar refractivity (Wildman–Crippen MR) is 347 cm³/mol. The summed E-state index contributed by atoms with van der Waals surface area (Å²) < 4.78 is 17.6. The lowest BCUT2D eigenvalue weighted by Gasteiger charge is -2.41. The van der Waals surface area contributed by atoms with Crippen molar-refractivity contribution in [2.45, 2.75) is 294 Å². The zero-order valence-corrected chi connectivity index (χ0v) is 52.3. The molecule has 0 radical (unpaired) electrons. The number of nitrogens with one attached hydrogen (secondary N) is 1. The van der Waals surface area contributed by atoms with E-state index in [0.29, 0.717) is 12.8 Å². The molecule has 83 heavy (non-hydrogen) atoms. The third-order valence-electron chi connectivity index (χ3n) is 14.5. The SMILES string of the molecule is CC/C=C\C/C=C\C/C=C\C/C=C\C/C=C\C/C=C\CC(O)C(=O)NC(COC1OC(CO)C(O)C(O)C1OC(=O)CCCCCCCCCCC/C=C\C/C=C\C/C=C\C/C=C\CCCCC)C(O)/C=C/CCCCCCCCCCC. The first-order valence-electron chi connectivity index (χ1n) is 33.0. The largest absolute Gasteiger partial charge is 0.454 e. The lowest BCUT2D eigenvalue weighted by molar-refractivity contribution is -0.305. The van der Waals surface area contributed by atoms with Crippen molar-refractivity contribution >= 4 is 11.9 Å². The number of allylic oxidation sites excluding steroid dienone is 20. The summed E-state index contributed by atoms with van der Waals surface area (Å²) in [6.45, 7) is 5.58. The molecule has 1 amide bonds. The van der Waals surface area contributed by atoms with Crippen LogP contribution in [0.3, 0.4) is 0 Å². The normalized spacial score (nSPS) is 19.4. The van der Waals surface area contributed by atoms with Crippen molar-refractivity contribution in [3.8, 4) is 0 Å². The predicted octanol–water partition coefficient (Wildman–Crippen LogP) is 16.4. The molecule has 0 spiro atoms. The van der Waals surface area contributed by atoms with Gasteiger partial charge in [0.05, 0.1) is 25.4 Å². The van der Waals surface area contributed by atoms with Crippen molar-refractivity contribution in [3.05, 3.63) is 134 Å². The average molecular weight is 1160 g/mol. The summed E-state index contributed by atoms with van der Waals surface area (Å²) in [5.74, 6) is -1.30. The van der Waals surface area contributed by atoms with Gasteiger partial charge < -0.3 is 45.1 Å². The number of unbranched alkanes of at least 4 members (excludes halogenated alkanes) is 21. The Morgan fingerprint density at radius 2 is 0.867 bits per heavy atom. The van der Waals surface area contributed by atoms with Gasteiger partial charge in [0, 0.05) is 12.8 Å². The topological polar surface area (TPSA) is 175 Å². The van der Waals surface area contributed by atoms with Crippen LogP contribution >= 0.6 is 0 Å². The van der Waals surface area contributed by atoms with E-state index in [4.69, 9.17) is 14.2 Å². The Morgan fingerprint density at radius 3 is 1.33 bits per heavy atom. The molecule has 1 aliphatic heterocycles. The average Bonchev–Trinajstić information content (AvgIpc) is 3.64. The van der Waals surface area contributed by atoms with Crippen LogP contribution in [-0.4, -0.2) is 99.6 Å². The molecule has 1 rings (SSSR count). The molecule has 8 atom stereocenters. The molecule has 11 heteroatoms. The molecular formula is C72H119NO10. The number of esters is 1. The minimum absolute atomic E-state index is 0.0505. The van der Waals surface area contributed by atoms with Crippen molar-refractivity contribution in [2.24, 2.45) is 0 Å². The van der Waals surface area contributed by atoms with Crippen LogP contribution in [0.5, 0.6) is 0 Å². The Hall–Kier alpha value is -4.20. The summed E-state index contributed by atoms with van der Waals surface area (Å²) in [6, 6.07) is -1.07. The first-order chi connectivity index (χ1) is 40.7. The number of carbonyl (C=O) groups excluding carboxylic acids is 2. The van der Waals surface area contributed by atoms with Crippen LogP contribution in [0.2, 0.25) is 0 Å². The van der Waals surface area contributed by atoms with Gasteiger partial charge in [0.15, 0.2) is 12.4 Å². The van der Waals surface area contributed by atoms with Crippen LogP contribution in [0, 0.1) is 0 Å². The van der Waals surface area contributed by atoms with Gasteiger partial charge in [0.2, 0.25) is 5.91 Å². The third kappa shape index (κ3) is 45.8. The number of ether oxygens (including phenoxy) is 3. The molecular weight excluding hydrogens is 1040 g/mol. The first kappa shape index (κ1) is 76.8. The zero-order valence-electron chi connectivity index (χ0n) is 52.3. The maximum atomic E-state index is 13.4. The van der Waals surface area contributed by atoms with Crippen LogP contribution in [0.15, 0.2) is 134 Å². The van der Waals surface area contributed by atoms with Gasteiger partial charge in [-0.05, 0) is 103 Å². The van der Waals surface area contributed by atoms with Crippen molar-refractivity contribution in [1.82, 2.24) is 5.32 Å². The number of aliphatic hydroxyl groups is 5. The lowest BCUT2D eigenvalue weighted by atomic mass is 9.99. The fraction of sp³-hybridized carbons (Fsp3) is 0.667. The Kier molecular flexibility index (Phi) is 53.9. The number of carbonyl (C=O) groups is 2. The molecule has 0 aliphatic carbocycles. The van der Waals surface area contributed by atoms with Gasteiger partial charge in [0.1, 0.15) is 24.4 Å². The molecule has 0 aromatic carbocycles. The molecule has 8 unspecified atom stereocenters. The zero-order chi connectivity index (χ0) is 60.3. The quantitative estimate of drug-likeness (QED) is 0.0195. The fourth-order valence-electron chi connectivity index (χ4n) is 9.36. The number of aliphatic hydroxyl groups excluding tert-OH is 5.